The minimum atomic E-state index is 0.270. The molecule has 45 heavy (non-hydrogen) atoms. The second-order valence-corrected chi connectivity index (χ2v) is 11.9. The number of hydrogen-bond donors (Lipinski definition) is 1. The van der Waals surface area contributed by atoms with E-state index in [2.05, 4.69) is 146 Å². The number of phenols is 1. The van der Waals surface area contributed by atoms with Crippen molar-refractivity contribution in [1.82, 2.24) is 0 Å². The van der Waals surface area contributed by atoms with Gasteiger partial charge in [-0.3, -0.25) is 0 Å². The van der Waals surface area contributed by atoms with Gasteiger partial charge in [-0.05, 0) is 118 Å². The van der Waals surface area contributed by atoms with Gasteiger partial charge < -0.3 is 5.11 Å². The van der Waals surface area contributed by atoms with E-state index in [0.717, 1.165) is 11.1 Å². The largest absolute Gasteiger partial charge is 0.508 e. The molecule has 0 amide bonds. The summed E-state index contributed by atoms with van der Waals surface area (Å²) in [6.45, 7) is 0. The van der Waals surface area contributed by atoms with Crippen LogP contribution in [0.25, 0.3) is 87.2 Å². The molecule has 0 saturated carbocycles. The van der Waals surface area contributed by atoms with Gasteiger partial charge in [0, 0.05) is 0 Å². The molecule has 0 radical (unpaired) electrons. The molecule has 0 saturated heterocycles. The van der Waals surface area contributed by atoms with Gasteiger partial charge in [0.1, 0.15) is 5.75 Å². The lowest BCUT2D eigenvalue weighted by molar-refractivity contribution is 0.475. The Hall–Kier alpha value is -5.92. The molecule has 1 heteroatoms. The fourth-order valence-corrected chi connectivity index (χ4v) is 7.23. The Kier molecular flexibility index (Phi) is 5.73. The van der Waals surface area contributed by atoms with Crippen LogP contribution >= 0.6 is 0 Å². The van der Waals surface area contributed by atoms with Gasteiger partial charge in [-0.15, -0.1) is 0 Å². The molecule has 0 fully saturated rings. The minimum Gasteiger partial charge on any atom is -0.508 e. The van der Waals surface area contributed by atoms with E-state index in [1.54, 1.807) is 6.07 Å². The molecule has 9 rings (SSSR count). The Labute approximate surface area is 261 Å². The maximum absolute atomic E-state index is 10.3. The van der Waals surface area contributed by atoms with Crippen molar-refractivity contribution in [2.75, 3.05) is 0 Å². The van der Waals surface area contributed by atoms with Crippen molar-refractivity contribution in [3.8, 4) is 39.1 Å². The minimum absolute atomic E-state index is 0.270. The van der Waals surface area contributed by atoms with Crippen LogP contribution in [-0.4, -0.2) is 5.11 Å². The number of hydrogen-bond acceptors (Lipinski definition) is 1. The van der Waals surface area contributed by atoms with Gasteiger partial charge in [-0.25, -0.2) is 0 Å². The van der Waals surface area contributed by atoms with E-state index in [4.69, 9.17) is 0 Å². The van der Waals surface area contributed by atoms with Crippen molar-refractivity contribution >= 4 is 53.9 Å². The summed E-state index contributed by atoms with van der Waals surface area (Å²) in [5.74, 6) is 0.270. The highest BCUT2D eigenvalue weighted by molar-refractivity contribution is 6.25. The van der Waals surface area contributed by atoms with E-state index in [9.17, 15) is 5.11 Å². The molecule has 0 aliphatic rings. The second kappa shape index (κ2) is 10.1. The Bertz CT molecular complexity index is 2600. The van der Waals surface area contributed by atoms with Crippen molar-refractivity contribution in [3.63, 3.8) is 0 Å². The third-order valence-corrected chi connectivity index (χ3v) is 9.31. The molecule has 210 valence electrons. The average molecular weight is 573 g/mol. The van der Waals surface area contributed by atoms with E-state index in [1.807, 2.05) is 12.1 Å². The van der Waals surface area contributed by atoms with Crippen LogP contribution in [0.15, 0.2) is 164 Å². The van der Waals surface area contributed by atoms with Gasteiger partial charge in [0.15, 0.2) is 0 Å². The van der Waals surface area contributed by atoms with Crippen molar-refractivity contribution < 1.29 is 5.11 Å². The fraction of sp³-hybridized carbons (Fsp3) is 0. The lowest BCUT2D eigenvalue weighted by Gasteiger charge is -2.18. The average Bonchev–Trinajstić information content (AvgIpc) is 3.10. The first-order valence-corrected chi connectivity index (χ1v) is 15.4. The fourth-order valence-electron chi connectivity index (χ4n) is 7.23. The zero-order chi connectivity index (χ0) is 29.9. The molecule has 0 spiro atoms. The number of fused-ring (bicyclic) bond motifs is 7. The van der Waals surface area contributed by atoms with Crippen LogP contribution in [0.3, 0.4) is 0 Å². The van der Waals surface area contributed by atoms with Crippen molar-refractivity contribution in [2.45, 2.75) is 0 Å². The summed E-state index contributed by atoms with van der Waals surface area (Å²) in [6.07, 6.45) is 0. The molecule has 0 bridgehead atoms. The van der Waals surface area contributed by atoms with Gasteiger partial charge in [0.05, 0.1) is 0 Å². The predicted molar refractivity (Wildman–Crippen MR) is 192 cm³/mol. The van der Waals surface area contributed by atoms with E-state index >= 15 is 0 Å². The molecule has 0 unspecified atom stereocenters. The standard InChI is InChI=1S/C44H28O/c45-32-15-7-14-30(24-32)31-22-23-39-40(25-31)42(36-21-9-13-29-11-2-4-17-34(29)36)27-43-38-19-6-5-18-37(38)41(26-44(39)43)35-20-8-12-28-10-1-3-16-33(28)35/h1-27,45H. The van der Waals surface area contributed by atoms with Gasteiger partial charge in [-0.2, -0.15) is 0 Å². The summed E-state index contributed by atoms with van der Waals surface area (Å²) in [7, 11) is 0. The quantitative estimate of drug-likeness (QED) is 0.209. The molecular formula is C44H28O. The number of rotatable bonds is 3. The monoisotopic (exact) mass is 572 g/mol. The third kappa shape index (κ3) is 4.09. The molecule has 0 aliphatic heterocycles. The molecule has 1 N–H and O–H groups in total. The van der Waals surface area contributed by atoms with Crippen LogP contribution in [0.1, 0.15) is 0 Å². The van der Waals surface area contributed by atoms with E-state index in [1.165, 1.54) is 76.1 Å². The SMILES string of the molecule is Oc1cccc(-c2ccc3c(c2)c(-c2cccc4ccccc24)cc2c4ccccc4c(-c4cccc5ccccc45)cc32)c1. The zero-order valence-electron chi connectivity index (χ0n) is 24.5. The highest BCUT2D eigenvalue weighted by atomic mass is 16.3. The first-order valence-electron chi connectivity index (χ1n) is 15.4. The Morgan fingerprint density at radius 3 is 1.40 bits per heavy atom. The summed E-state index contributed by atoms with van der Waals surface area (Å²) in [5, 5.41) is 22.6. The lowest BCUT2D eigenvalue weighted by atomic mass is 9.85. The van der Waals surface area contributed by atoms with Crippen molar-refractivity contribution in [3.05, 3.63) is 164 Å². The highest BCUT2D eigenvalue weighted by Crippen LogP contribution is 2.45. The molecule has 9 aromatic rings. The van der Waals surface area contributed by atoms with E-state index < -0.39 is 0 Å². The van der Waals surface area contributed by atoms with Crippen LogP contribution < -0.4 is 0 Å². The molecule has 9 aromatic carbocycles. The molecular weight excluding hydrogens is 544 g/mol. The first kappa shape index (κ1) is 25.6. The summed E-state index contributed by atoms with van der Waals surface area (Å²) in [4.78, 5) is 0. The van der Waals surface area contributed by atoms with Crippen molar-refractivity contribution in [2.24, 2.45) is 0 Å². The highest BCUT2D eigenvalue weighted by Gasteiger charge is 2.17. The van der Waals surface area contributed by atoms with E-state index in [-0.39, 0.29) is 5.75 Å². The summed E-state index contributed by atoms with van der Waals surface area (Å²) >= 11 is 0. The van der Waals surface area contributed by atoms with Gasteiger partial charge in [0.2, 0.25) is 0 Å². The summed E-state index contributed by atoms with van der Waals surface area (Å²) in [5.41, 5.74) is 6.99. The third-order valence-electron chi connectivity index (χ3n) is 9.31. The topological polar surface area (TPSA) is 20.2 Å². The van der Waals surface area contributed by atoms with E-state index in [0.29, 0.717) is 0 Å². The van der Waals surface area contributed by atoms with Crippen LogP contribution in [0.4, 0.5) is 0 Å². The second-order valence-electron chi connectivity index (χ2n) is 11.9. The first-order chi connectivity index (χ1) is 22.2. The van der Waals surface area contributed by atoms with Gasteiger partial charge >= 0.3 is 0 Å². The molecule has 0 aliphatic carbocycles. The van der Waals surface area contributed by atoms with Gasteiger partial charge in [0.25, 0.3) is 0 Å². The lowest BCUT2D eigenvalue weighted by Crippen LogP contribution is -1.91. The summed E-state index contributed by atoms with van der Waals surface area (Å²) in [6, 6.07) is 58.4. The normalized spacial score (nSPS) is 11.6. The van der Waals surface area contributed by atoms with Crippen LogP contribution in [0.5, 0.6) is 5.75 Å². The Morgan fingerprint density at radius 1 is 0.267 bits per heavy atom. The predicted octanol–water partition coefficient (Wildman–Crippen LogP) is 12.2. The number of benzene rings is 9. The Morgan fingerprint density at radius 2 is 0.756 bits per heavy atom. The molecule has 0 aromatic heterocycles. The smallest absolute Gasteiger partial charge is 0.116 e. The maximum atomic E-state index is 10.3. The Balaban J connectivity index is 1.44. The van der Waals surface area contributed by atoms with Crippen molar-refractivity contribution in [1.29, 1.82) is 0 Å². The molecule has 0 atom stereocenters. The number of phenolic OH excluding ortho intramolecular Hbond substituents is 1. The van der Waals surface area contributed by atoms with Gasteiger partial charge in [-0.1, -0.05) is 133 Å². The molecule has 1 nitrogen and oxygen atoms in total. The number of aromatic hydroxyl groups is 1. The van der Waals surface area contributed by atoms with Crippen LogP contribution in [0.2, 0.25) is 0 Å². The summed E-state index contributed by atoms with van der Waals surface area (Å²) < 4.78 is 0. The maximum Gasteiger partial charge on any atom is 0.116 e. The molecule has 0 heterocycles. The zero-order valence-corrected chi connectivity index (χ0v) is 24.5. The van der Waals surface area contributed by atoms with Crippen LogP contribution in [0, 0.1) is 0 Å². The van der Waals surface area contributed by atoms with Crippen LogP contribution in [-0.2, 0) is 0 Å².